The Morgan fingerprint density at radius 1 is 1.26 bits per heavy atom. The average molecular weight is 558 g/mol. The van der Waals surface area contributed by atoms with E-state index < -0.39 is 29.7 Å². The molecule has 210 valence electrons. The predicted molar refractivity (Wildman–Crippen MR) is 145 cm³/mol. The lowest BCUT2D eigenvalue weighted by molar-refractivity contribution is -0.153. The molecule has 1 aromatic carbocycles. The standard InChI is InChI=1S/C27H35N5O6S/c1-7-15(2)22(29-25(35)38-27(3,4)5)23-30-31-26(37-23)39-14-21(33)32-13-19-17(12-20(32)24(34)36-6)16-10-8-9-11-18(16)28-19/h8-11,15,20,22,28H,7,12-14H2,1-6H3,(H,29,35)/t15?,20-,22-/m0/s1. The second kappa shape index (κ2) is 11.7. The molecule has 2 N–H and O–H groups in total. The van der Waals surface area contributed by atoms with Crippen LogP contribution in [-0.2, 0) is 32.0 Å². The van der Waals surface area contributed by atoms with Gasteiger partial charge in [0, 0.05) is 23.0 Å². The van der Waals surface area contributed by atoms with E-state index in [0.29, 0.717) is 6.42 Å². The van der Waals surface area contributed by atoms with Crippen LogP contribution >= 0.6 is 11.8 Å². The number of H-pyrrole nitrogens is 1. The Morgan fingerprint density at radius 2 is 2.00 bits per heavy atom. The number of para-hydroxylation sites is 1. The van der Waals surface area contributed by atoms with Gasteiger partial charge in [-0.15, -0.1) is 10.2 Å². The second-order valence-electron chi connectivity index (χ2n) is 10.6. The van der Waals surface area contributed by atoms with Crippen molar-refractivity contribution < 1.29 is 28.3 Å². The van der Waals surface area contributed by atoms with Gasteiger partial charge < -0.3 is 29.1 Å². The Morgan fingerprint density at radius 3 is 2.69 bits per heavy atom. The highest BCUT2D eigenvalue weighted by atomic mass is 32.2. The van der Waals surface area contributed by atoms with Crippen molar-refractivity contribution in [3.63, 3.8) is 0 Å². The first-order valence-corrected chi connectivity index (χ1v) is 13.9. The summed E-state index contributed by atoms with van der Waals surface area (Å²) in [7, 11) is 1.32. The van der Waals surface area contributed by atoms with Crippen molar-refractivity contribution in [2.24, 2.45) is 5.92 Å². The van der Waals surface area contributed by atoms with Gasteiger partial charge in [0.15, 0.2) is 0 Å². The summed E-state index contributed by atoms with van der Waals surface area (Å²) in [6, 6.07) is 6.58. The molecule has 4 rings (SSSR count). The van der Waals surface area contributed by atoms with Crippen LogP contribution in [0.1, 0.15) is 64.2 Å². The van der Waals surface area contributed by atoms with Crippen molar-refractivity contribution >= 4 is 40.6 Å². The van der Waals surface area contributed by atoms with Crippen LogP contribution in [-0.4, -0.2) is 62.6 Å². The van der Waals surface area contributed by atoms with E-state index in [4.69, 9.17) is 13.9 Å². The Labute approximate surface area is 231 Å². The number of carbonyl (C=O) groups is 3. The number of ether oxygens (including phenoxy) is 2. The summed E-state index contributed by atoms with van der Waals surface area (Å²) in [5.74, 6) is -0.507. The van der Waals surface area contributed by atoms with E-state index in [1.807, 2.05) is 38.1 Å². The minimum Gasteiger partial charge on any atom is -0.467 e. The van der Waals surface area contributed by atoms with Crippen LogP contribution in [0.25, 0.3) is 10.9 Å². The fourth-order valence-electron chi connectivity index (χ4n) is 4.55. The molecular weight excluding hydrogens is 522 g/mol. The highest BCUT2D eigenvalue weighted by Gasteiger charge is 2.37. The Bertz CT molecular complexity index is 1350. The van der Waals surface area contributed by atoms with E-state index in [-0.39, 0.29) is 35.2 Å². The number of aromatic nitrogens is 3. The van der Waals surface area contributed by atoms with Gasteiger partial charge >= 0.3 is 12.1 Å². The zero-order valence-electron chi connectivity index (χ0n) is 23.1. The number of aromatic amines is 1. The first-order valence-electron chi connectivity index (χ1n) is 12.9. The number of thioether (sulfide) groups is 1. The summed E-state index contributed by atoms with van der Waals surface area (Å²) < 4.78 is 16.2. The van der Waals surface area contributed by atoms with Gasteiger partial charge in [-0.2, -0.15) is 0 Å². The Kier molecular flexibility index (Phi) is 8.53. The zero-order valence-corrected chi connectivity index (χ0v) is 23.9. The number of methoxy groups -OCH3 is 1. The van der Waals surface area contributed by atoms with Crippen LogP contribution in [0.3, 0.4) is 0 Å². The number of benzene rings is 1. The molecular formula is C27H35N5O6S. The number of nitrogens with one attached hydrogen (secondary N) is 2. The van der Waals surface area contributed by atoms with Crippen LogP contribution in [0.2, 0.25) is 0 Å². The molecule has 1 aliphatic rings. The van der Waals surface area contributed by atoms with Crippen LogP contribution in [0, 0.1) is 5.92 Å². The monoisotopic (exact) mass is 557 g/mol. The molecule has 3 atom stereocenters. The fraction of sp³-hybridized carbons (Fsp3) is 0.519. The predicted octanol–water partition coefficient (Wildman–Crippen LogP) is 4.38. The van der Waals surface area contributed by atoms with E-state index in [0.717, 1.165) is 40.3 Å². The van der Waals surface area contributed by atoms with Crippen molar-refractivity contribution in [3.05, 3.63) is 41.4 Å². The molecule has 3 heterocycles. The molecule has 2 amide bonds. The maximum atomic E-state index is 13.3. The fourth-order valence-corrected chi connectivity index (χ4v) is 5.20. The van der Waals surface area contributed by atoms with E-state index in [1.54, 1.807) is 20.8 Å². The molecule has 1 unspecified atom stereocenters. The number of rotatable bonds is 8. The second-order valence-corrected chi connectivity index (χ2v) is 11.5. The van der Waals surface area contributed by atoms with E-state index >= 15 is 0 Å². The molecule has 0 saturated carbocycles. The summed E-state index contributed by atoms with van der Waals surface area (Å²) in [6.45, 7) is 9.58. The molecule has 1 aliphatic heterocycles. The topological polar surface area (TPSA) is 140 Å². The molecule has 3 aromatic rings. The maximum Gasteiger partial charge on any atom is 0.408 e. The van der Waals surface area contributed by atoms with Gasteiger partial charge in [-0.1, -0.05) is 50.2 Å². The lowest BCUT2D eigenvalue weighted by Crippen LogP contribution is -2.49. The highest BCUT2D eigenvalue weighted by molar-refractivity contribution is 7.99. The van der Waals surface area contributed by atoms with E-state index in [2.05, 4.69) is 20.5 Å². The average Bonchev–Trinajstić information content (AvgIpc) is 3.52. The largest absolute Gasteiger partial charge is 0.467 e. The quantitative estimate of drug-likeness (QED) is 0.305. The zero-order chi connectivity index (χ0) is 28.3. The van der Waals surface area contributed by atoms with Crippen LogP contribution in [0.5, 0.6) is 0 Å². The number of carbonyl (C=O) groups excluding carboxylic acids is 3. The number of fused-ring (bicyclic) bond motifs is 3. The van der Waals surface area contributed by atoms with Gasteiger partial charge in [-0.25, -0.2) is 9.59 Å². The molecule has 0 spiro atoms. The number of hydrogen-bond acceptors (Lipinski definition) is 9. The van der Waals surface area contributed by atoms with Crippen molar-refractivity contribution in [1.29, 1.82) is 0 Å². The number of hydrogen-bond donors (Lipinski definition) is 2. The molecule has 0 aliphatic carbocycles. The molecule has 0 fully saturated rings. The third-order valence-electron chi connectivity index (χ3n) is 6.69. The summed E-state index contributed by atoms with van der Waals surface area (Å²) in [5.41, 5.74) is 2.24. The van der Waals surface area contributed by atoms with Crippen LogP contribution in [0.15, 0.2) is 33.9 Å². The number of alkyl carbamates (subject to hydrolysis) is 1. The minimum atomic E-state index is -0.735. The maximum absolute atomic E-state index is 13.3. The molecule has 0 radical (unpaired) electrons. The van der Waals surface area contributed by atoms with Crippen molar-refractivity contribution in [1.82, 2.24) is 25.4 Å². The lowest BCUT2D eigenvalue weighted by Gasteiger charge is -2.33. The summed E-state index contributed by atoms with van der Waals surface area (Å²) in [6.07, 6.45) is 0.536. The van der Waals surface area contributed by atoms with Crippen molar-refractivity contribution in [2.75, 3.05) is 12.9 Å². The van der Waals surface area contributed by atoms with E-state index in [1.165, 1.54) is 12.0 Å². The smallest absolute Gasteiger partial charge is 0.408 e. The summed E-state index contributed by atoms with van der Waals surface area (Å²) in [4.78, 5) is 43.3. The first-order chi connectivity index (χ1) is 18.5. The summed E-state index contributed by atoms with van der Waals surface area (Å²) in [5, 5.41) is 12.2. The number of esters is 1. The number of nitrogens with zero attached hydrogens (tertiary/aromatic N) is 3. The van der Waals surface area contributed by atoms with E-state index in [9.17, 15) is 14.4 Å². The molecule has 0 bridgehead atoms. The van der Waals surface area contributed by atoms with Crippen LogP contribution < -0.4 is 5.32 Å². The molecule has 0 saturated heterocycles. The molecule has 39 heavy (non-hydrogen) atoms. The van der Waals surface area contributed by atoms with Gasteiger partial charge in [0.05, 0.1) is 19.4 Å². The Hall–Kier alpha value is -3.54. The lowest BCUT2D eigenvalue weighted by atomic mass is 9.96. The van der Waals surface area contributed by atoms with Crippen LogP contribution in [0.4, 0.5) is 4.79 Å². The SMILES string of the molecule is CCC(C)[C@H](NC(=O)OC(C)(C)C)c1nnc(SCC(=O)N2Cc3[nH]c4ccccc4c3C[C@H]2C(=O)OC)o1. The third kappa shape index (κ3) is 6.55. The molecule has 2 aromatic heterocycles. The Balaban J connectivity index is 1.46. The van der Waals surface area contributed by atoms with Gasteiger partial charge in [-0.3, -0.25) is 4.79 Å². The van der Waals surface area contributed by atoms with Crippen molar-refractivity contribution in [2.45, 2.75) is 76.9 Å². The van der Waals surface area contributed by atoms with Gasteiger partial charge in [-0.05, 0) is 38.3 Å². The molecule has 11 nitrogen and oxygen atoms in total. The molecule has 12 heteroatoms. The third-order valence-corrected chi connectivity index (χ3v) is 7.49. The van der Waals surface area contributed by atoms with Gasteiger partial charge in [0.1, 0.15) is 17.7 Å². The van der Waals surface area contributed by atoms with Crippen molar-refractivity contribution in [3.8, 4) is 0 Å². The first kappa shape index (κ1) is 28.5. The minimum absolute atomic E-state index is 0.00267. The van der Waals surface area contributed by atoms with Gasteiger partial charge in [0.2, 0.25) is 11.8 Å². The summed E-state index contributed by atoms with van der Waals surface area (Å²) >= 11 is 1.08. The highest BCUT2D eigenvalue weighted by Crippen LogP contribution is 2.32. The normalized spacial score (nSPS) is 16.9. The number of amides is 2. The van der Waals surface area contributed by atoms with Gasteiger partial charge in [0.25, 0.3) is 5.22 Å².